The maximum absolute atomic E-state index is 12.9. The van der Waals surface area contributed by atoms with Crippen molar-refractivity contribution in [3.05, 3.63) is 0 Å². The molecule has 1 rings (SSSR count). The molecule has 0 aromatic carbocycles. The van der Waals surface area contributed by atoms with Crippen LogP contribution in [0.15, 0.2) is 0 Å². The number of carboxylic acid groups (broad SMARTS) is 1. The number of rotatable bonds is 57. The lowest BCUT2D eigenvalue weighted by Gasteiger charge is -2.38. The van der Waals surface area contributed by atoms with Crippen LogP contribution in [0.2, 0.25) is 0 Å². The van der Waals surface area contributed by atoms with Crippen LogP contribution in [0.3, 0.4) is 0 Å². The zero-order valence-electron chi connectivity index (χ0n) is 48.4. The number of esters is 2. The Morgan fingerprint density at radius 3 is 0.919 bits per heavy atom. The molecule has 6 atom stereocenters. The van der Waals surface area contributed by atoms with Gasteiger partial charge in [0.2, 0.25) is 0 Å². The molecule has 11 nitrogen and oxygen atoms in total. The first-order valence-corrected chi connectivity index (χ1v) is 32.1. The molecular formula is C63H120O11. The van der Waals surface area contributed by atoms with Crippen LogP contribution < -0.4 is 0 Å². The SMILES string of the molecule is CCCCCCCCCCCCCCCCCCCCCCCCCCC(=O)OCC(COC1OC(C(=O)O)C(O)C(O)C1O)OC(=O)CCCCCCCCCCCCCCCCCCCCCCCCCC. The number of aliphatic hydroxyl groups excluding tert-OH is 3. The van der Waals surface area contributed by atoms with Gasteiger partial charge in [0.05, 0.1) is 6.61 Å². The predicted molar refractivity (Wildman–Crippen MR) is 303 cm³/mol. The molecule has 0 spiro atoms. The number of ether oxygens (including phenoxy) is 4. The minimum atomic E-state index is -1.86. The molecule has 6 unspecified atom stereocenters. The van der Waals surface area contributed by atoms with Gasteiger partial charge in [-0.3, -0.25) is 9.59 Å². The summed E-state index contributed by atoms with van der Waals surface area (Å²) >= 11 is 0. The highest BCUT2D eigenvalue weighted by atomic mass is 16.7. The van der Waals surface area contributed by atoms with E-state index in [1.807, 2.05) is 0 Å². The molecule has 11 heteroatoms. The molecule has 0 saturated carbocycles. The third-order valence-electron chi connectivity index (χ3n) is 15.5. The highest BCUT2D eigenvalue weighted by Gasteiger charge is 2.47. The van der Waals surface area contributed by atoms with Gasteiger partial charge < -0.3 is 39.4 Å². The third kappa shape index (κ3) is 43.2. The molecule has 0 aliphatic carbocycles. The van der Waals surface area contributed by atoms with Gasteiger partial charge in [0.25, 0.3) is 0 Å². The fourth-order valence-electron chi connectivity index (χ4n) is 10.5. The largest absolute Gasteiger partial charge is 0.479 e. The van der Waals surface area contributed by atoms with E-state index in [0.717, 1.165) is 38.5 Å². The average Bonchev–Trinajstić information content (AvgIpc) is 3.39. The molecule has 1 fully saturated rings. The summed E-state index contributed by atoms with van der Waals surface area (Å²) < 4.78 is 22.0. The van der Waals surface area contributed by atoms with Crippen molar-refractivity contribution < 1.29 is 53.8 Å². The van der Waals surface area contributed by atoms with E-state index >= 15 is 0 Å². The topological polar surface area (TPSA) is 169 Å². The lowest BCUT2D eigenvalue weighted by molar-refractivity contribution is -0.298. The van der Waals surface area contributed by atoms with E-state index in [2.05, 4.69) is 13.8 Å². The standard InChI is InChI=1S/C63H120O11/c1-3-5-7-9-11-13-15-17-19-21-23-25-27-29-31-33-35-37-39-41-43-45-47-49-51-56(64)71-53-55(54-72-63-60(68)58(66)59(67)61(74-63)62(69)70)73-57(65)52-50-48-46-44-42-40-38-36-34-32-30-28-26-24-22-20-18-16-14-12-10-8-6-4-2/h55,58-61,63,66-68H,3-54H2,1-2H3,(H,69,70). The highest BCUT2D eigenvalue weighted by molar-refractivity contribution is 5.73. The molecule has 74 heavy (non-hydrogen) atoms. The van der Waals surface area contributed by atoms with Crippen LogP contribution in [0.25, 0.3) is 0 Å². The Bertz CT molecular complexity index is 1230. The second-order valence-electron chi connectivity index (χ2n) is 22.6. The second kappa shape index (κ2) is 53.2. The van der Waals surface area contributed by atoms with E-state index in [1.165, 1.54) is 257 Å². The third-order valence-corrected chi connectivity index (χ3v) is 15.5. The van der Waals surface area contributed by atoms with Crippen molar-refractivity contribution in [3.8, 4) is 0 Å². The van der Waals surface area contributed by atoms with Gasteiger partial charge in [0.1, 0.15) is 24.9 Å². The Hall–Kier alpha value is -1.79. The summed E-state index contributed by atoms with van der Waals surface area (Å²) in [5, 5.41) is 40.1. The molecule has 0 bridgehead atoms. The van der Waals surface area contributed by atoms with Crippen LogP contribution in [0.4, 0.5) is 0 Å². The van der Waals surface area contributed by atoms with Crippen LogP contribution in [0.5, 0.6) is 0 Å². The van der Waals surface area contributed by atoms with Crippen molar-refractivity contribution in [1.29, 1.82) is 0 Å². The van der Waals surface area contributed by atoms with Crippen molar-refractivity contribution in [2.75, 3.05) is 13.2 Å². The molecule has 0 radical (unpaired) electrons. The minimum absolute atomic E-state index is 0.192. The fourth-order valence-corrected chi connectivity index (χ4v) is 10.5. The number of carbonyl (C=O) groups excluding carboxylic acids is 2. The Kier molecular flexibility index (Phi) is 50.5. The van der Waals surface area contributed by atoms with Gasteiger partial charge in [0.15, 0.2) is 18.5 Å². The van der Waals surface area contributed by atoms with Gasteiger partial charge in [-0.15, -0.1) is 0 Å². The highest BCUT2D eigenvalue weighted by Crippen LogP contribution is 2.24. The van der Waals surface area contributed by atoms with E-state index in [9.17, 15) is 34.8 Å². The van der Waals surface area contributed by atoms with E-state index in [-0.39, 0.29) is 26.1 Å². The molecule has 0 aromatic heterocycles. The smallest absolute Gasteiger partial charge is 0.335 e. The summed E-state index contributed by atoms with van der Waals surface area (Å²) in [6, 6.07) is 0. The summed E-state index contributed by atoms with van der Waals surface area (Å²) in [6.45, 7) is 3.91. The van der Waals surface area contributed by atoms with E-state index < -0.39 is 54.7 Å². The maximum atomic E-state index is 12.9. The first-order valence-electron chi connectivity index (χ1n) is 32.1. The molecule has 1 saturated heterocycles. The minimum Gasteiger partial charge on any atom is -0.479 e. The van der Waals surface area contributed by atoms with Gasteiger partial charge >= 0.3 is 17.9 Å². The molecule has 1 aliphatic rings. The van der Waals surface area contributed by atoms with Crippen LogP contribution >= 0.6 is 0 Å². The molecule has 0 aromatic rings. The van der Waals surface area contributed by atoms with Gasteiger partial charge in [0, 0.05) is 12.8 Å². The van der Waals surface area contributed by atoms with E-state index in [0.29, 0.717) is 12.8 Å². The van der Waals surface area contributed by atoms with Crippen LogP contribution in [0, 0.1) is 0 Å². The Labute approximate surface area is 454 Å². The molecule has 1 aliphatic heterocycles. The Morgan fingerprint density at radius 1 is 0.365 bits per heavy atom. The number of unbranched alkanes of at least 4 members (excludes halogenated alkanes) is 46. The summed E-state index contributed by atoms with van der Waals surface area (Å²) in [4.78, 5) is 37.2. The normalized spacial score (nSPS) is 18.2. The number of hydrogen-bond acceptors (Lipinski definition) is 10. The maximum Gasteiger partial charge on any atom is 0.335 e. The summed E-state index contributed by atoms with van der Waals surface area (Å²) in [5.41, 5.74) is 0. The second-order valence-corrected chi connectivity index (χ2v) is 22.6. The van der Waals surface area contributed by atoms with Crippen LogP contribution in [0.1, 0.15) is 335 Å². The van der Waals surface area contributed by atoms with Gasteiger partial charge in [-0.25, -0.2) is 4.79 Å². The number of aliphatic carboxylic acids is 1. The molecule has 438 valence electrons. The van der Waals surface area contributed by atoms with E-state index in [4.69, 9.17) is 18.9 Å². The number of carbonyl (C=O) groups is 3. The molecule has 1 heterocycles. The zero-order valence-corrected chi connectivity index (χ0v) is 48.4. The number of hydrogen-bond donors (Lipinski definition) is 4. The van der Waals surface area contributed by atoms with Crippen molar-refractivity contribution in [3.63, 3.8) is 0 Å². The summed E-state index contributed by atoms with van der Waals surface area (Å²) in [6.07, 6.45) is 53.2. The first-order chi connectivity index (χ1) is 36.2. The lowest BCUT2D eigenvalue weighted by atomic mass is 9.99. The summed E-state index contributed by atoms with van der Waals surface area (Å²) in [5.74, 6) is -2.41. The fraction of sp³-hybridized carbons (Fsp3) is 0.952. The molecule has 0 amide bonds. The monoisotopic (exact) mass is 1050 g/mol. The Morgan fingerprint density at radius 2 is 0.635 bits per heavy atom. The Balaban J connectivity index is 2.16. The molecule has 4 N–H and O–H groups in total. The first kappa shape index (κ1) is 70.2. The van der Waals surface area contributed by atoms with Gasteiger partial charge in [-0.2, -0.15) is 0 Å². The quantitative estimate of drug-likeness (QED) is 0.0338. The van der Waals surface area contributed by atoms with E-state index in [1.54, 1.807) is 0 Å². The number of carboxylic acids is 1. The summed E-state index contributed by atoms with van der Waals surface area (Å²) in [7, 11) is 0. The van der Waals surface area contributed by atoms with Gasteiger partial charge in [-0.1, -0.05) is 309 Å². The predicted octanol–water partition coefficient (Wildman–Crippen LogP) is 16.9. The lowest BCUT2D eigenvalue weighted by Crippen LogP contribution is -2.60. The number of aliphatic hydroxyl groups is 3. The molecular weight excluding hydrogens is 933 g/mol. The van der Waals surface area contributed by atoms with Crippen molar-refractivity contribution >= 4 is 17.9 Å². The average molecular weight is 1050 g/mol. The van der Waals surface area contributed by atoms with Crippen molar-refractivity contribution in [1.82, 2.24) is 0 Å². The van der Waals surface area contributed by atoms with Crippen molar-refractivity contribution in [2.24, 2.45) is 0 Å². The zero-order chi connectivity index (χ0) is 53.8. The van der Waals surface area contributed by atoms with Crippen molar-refractivity contribution in [2.45, 2.75) is 372 Å². The van der Waals surface area contributed by atoms with Crippen LogP contribution in [-0.2, 0) is 33.3 Å². The van der Waals surface area contributed by atoms with Gasteiger partial charge in [-0.05, 0) is 12.8 Å². The van der Waals surface area contributed by atoms with Crippen LogP contribution in [-0.4, -0.2) is 88.4 Å².